The van der Waals surface area contributed by atoms with Crippen LogP contribution in [0.3, 0.4) is 0 Å². The number of amides is 6. The molecule has 0 unspecified atom stereocenters. The minimum Gasteiger partial charge on any atom is -0.480 e. The Hall–Kier alpha value is -3.79. The zero-order valence-electron chi connectivity index (χ0n) is 28.3. The Balaban J connectivity index is 5.36. The third-order valence-corrected chi connectivity index (χ3v) is 6.66. The summed E-state index contributed by atoms with van der Waals surface area (Å²) in [4.78, 5) is 87.4. The van der Waals surface area contributed by atoms with Crippen LogP contribution in [0.4, 0.5) is 0 Å². The molecule has 0 aliphatic rings. The van der Waals surface area contributed by atoms with E-state index in [1.165, 1.54) is 0 Å². The van der Waals surface area contributed by atoms with E-state index in [-0.39, 0.29) is 30.6 Å². The van der Waals surface area contributed by atoms with Gasteiger partial charge in [0.05, 0.1) is 19.2 Å². The summed E-state index contributed by atoms with van der Waals surface area (Å²) in [7, 11) is 0. The Morgan fingerprint density at radius 2 is 1.00 bits per heavy atom. The van der Waals surface area contributed by atoms with Crippen LogP contribution in [-0.2, 0) is 33.6 Å². The van der Waals surface area contributed by atoms with Crippen molar-refractivity contribution in [3.63, 3.8) is 0 Å². The van der Waals surface area contributed by atoms with Crippen molar-refractivity contribution >= 4 is 41.4 Å². The molecule has 0 radical (unpaired) electrons. The van der Waals surface area contributed by atoms with Crippen LogP contribution < -0.4 is 37.6 Å². The van der Waals surface area contributed by atoms with Crippen LogP contribution >= 0.6 is 0 Å². The van der Waals surface area contributed by atoms with E-state index in [1.807, 2.05) is 41.5 Å². The van der Waals surface area contributed by atoms with Crippen molar-refractivity contribution in [3.05, 3.63) is 0 Å². The monoisotopic (exact) mass is 657 g/mol. The van der Waals surface area contributed by atoms with Crippen molar-refractivity contribution in [2.75, 3.05) is 19.7 Å². The van der Waals surface area contributed by atoms with E-state index in [4.69, 9.17) is 10.8 Å². The average molecular weight is 658 g/mol. The molecule has 0 saturated carbocycles. The lowest BCUT2D eigenvalue weighted by molar-refractivity contribution is -0.138. The molecular formula is C30H55N7O9. The molecular weight excluding hydrogens is 602 g/mol. The van der Waals surface area contributed by atoms with E-state index >= 15 is 0 Å². The van der Waals surface area contributed by atoms with E-state index in [0.717, 1.165) is 0 Å². The van der Waals surface area contributed by atoms with Crippen molar-refractivity contribution < 1.29 is 43.8 Å². The molecule has 0 fully saturated rings. The minimum absolute atomic E-state index is 0.00615. The van der Waals surface area contributed by atoms with Crippen molar-refractivity contribution in [1.82, 2.24) is 31.9 Å². The number of aliphatic carboxylic acids is 1. The standard InChI is InChI=1S/C30H55N7O9/c1-15(2)9-19(31)26(42)34-21(11-17(5)6)29(45)36-22(14-38)28(44)32-12-23(39)37-25(18(7)8)30(46)35-20(10-16(3)4)27(43)33-13-24(40)41/h15-22,25,38H,9-14,31H2,1-8H3,(H,32,44)(H,33,43)(H,34,42)(H,35,46)(H,36,45)(H,37,39)(H,40,41)/t19-,20-,21-,22-,25-/m0/s1. The van der Waals surface area contributed by atoms with Crippen molar-refractivity contribution in [2.24, 2.45) is 29.4 Å². The quantitative estimate of drug-likeness (QED) is 0.0680. The third kappa shape index (κ3) is 17.1. The summed E-state index contributed by atoms with van der Waals surface area (Å²) in [5.74, 6) is -5.79. The van der Waals surface area contributed by atoms with Gasteiger partial charge in [-0.2, -0.15) is 0 Å². The molecule has 46 heavy (non-hydrogen) atoms. The number of nitrogens with one attached hydrogen (secondary N) is 6. The molecule has 0 aromatic carbocycles. The van der Waals surface area contributed by atoms with Gasteiger partial charge >= 0.3 is 5.97 Å². The van der Waals surface area contributed by atoms with E-state index in [9.17, 15) is 38.7 Å². The number of nitrogens with two attached hydrogens (primary N) is 1. The molecule has 0 aromatic rings. The normalized spacial score (nSPS) is 14.6. The Kier molecular flexibility index (Phi) is 19.4. The van der Waals surface area contributed by atoms with Gasteiger partial charge in [0, 0.05) is 0 Å². The molecule has 0 aliphatic carbocycles. The first-order chi connectivity index (χ1) is 21.3. The SMILES string of the molecule is CC(C)C[C@H](NC(=O)[C@@H](NC(=O)CNC(=O)[C@H](CO)NC(=O)[C@H](CC(C)C)NC(=O)[C@@H](N)CC(C)C)C(C)C)C(=O)NCC(=O)O. The number of rotatable bonds is 21. The zero-order valence-corrected chi connectivity index (χ0v) is 28.3. The summed E-state index contributed by atoms with van der Waals surface area (Å²) in [5, 5.41) is 33.3. The van der Waals surface area contributed by atoms with E-state index in [2.05, 4.69) is 31.9 Å². The molecule has 264 valence electrons. The summed E-state index contributed by atoms with van der Waals surface area (Å²) in [6, 6.07) is -5.45. The molecule has 0 rings (SSSR count). The molecule has 5 atom stereocenters. The molecule has 0 aliphatic heterocycles. The fourth-order valence-electron chi connectivity index (χ4n) is 4.36. The zero-order chi connectivity index (χ0) is 35.7. The first-order valence-electron chi connectivity index (χ1n) is 15.6. The number of hydrogen-bond donors (Lipinski definition) is 9. The van der Waals surface area contributed by atoms with Crippen molar-refractivity contribution in [2.45, 2.75) is 105 Å². The second kappa shape index (κ2) is 21.1. The predicted molar refractivity (Wildman–Crippen MR) is 170 cm³/mol. The maximum Gasteiger partial charge on any atom is 0.322 e. The summed E-state index contributed by atoms with van der Waals surface area (Å²) in [6.45, 7) is 12.4. The highest BCUT2D eigenvalue weighted by Crippen LogP contribution is 2.09. The highest BCUT2D eigenvalue weighted by Gasteiger charge is 2.31. The lowest BCUT2D eigenvalue weighted by atomic mass is 10.00. The maximum absolute atomic E-state index is 13.1. The first-order valence-corrected chi connectivity index (χ1v) is 15.6. The van der Waals surface area contributed by atoms with Gasteiger partial charge in [-0.05, 0) is 42.9 Å². The Labute approximate surface area is 271 Å². The third-order valence-electron chi connectivity index (χ3n) is 6.66. The van der Waals surface area contributed by atoms with Crippen molar-refractivity contribution in [3.8, 4) is 0 Å². The molecule has 16 heteroatoms. The van der Waals surface area contributed by atoms with Gasteiger partial charge in [0.15, 0.2) is 0 Å². The fourth-order valence-corrected chi connectivity index (χ4v) is 4.36. The number of carbonyl (C=O) groups is 7. The van der Waals surface area contributed by atoms with Crippen LogP contribution in [0.15, 0.2) is 0 Å². The van der Waals surface area contributed by atoms with Gasteiger partial charge in [0.2, 0.25) is 35.4 Å². The minimum atomic E-state index is -1.44. The molecule has 16 nitrogen and oxygen atoms in total. The number of carboxylic acids is 1. The summed E-state index contributed by atoms with van der Waals surface area (Å²) in [5.41, 5.74) is 5.94. The average Bonchev–Trinajstić information content (AvgIpc) is 2.93. The van der Waals surface area contributed by atoms with Crippen LogP contribution in [0.1, 0.15) is 74.7 Å². The second-order valence-electron chi connectivity index (χ2n) is 13.0. The van der Waals surface area contributed by atoms with Crippen LogP contribution in [0.5, 0.6) is 0 Å². The Bertz CT molecular complexity index is 1050. The topological polar surface area (TPSA) is 258 Å². The molecule has 0 heterocycles. The lowest BCUT2D eigenvalue weighted by Crippen LogP contribution is -2.58. The van der Waals surface area contributed by atoms with E-state index < -0.39 is 97.2 Å². The molecule has 0 saturated heterocycles. The van der Waals surface area contributed by atoms with Crippen LogP contribution in [0.2, 0.25) is 0 Å². The number of carboxylic acid groups (broad SMARTS) is 1. The summed E-state index contributed by atoms with van der Waals surface area (Å²) < 4.78 is 0. The number of aliphatic hydroxyl groups excluding tert-OH is 1. The number of aliphatic hydroxyl groups is 1. The first kappa shape index (κ1) is 42.2. The highest BCUT2D eigenvalue weighted by molar-refractivity contribution is 5.96. The molecule has 0 aromatic heterocycles. The van der Waals surface area contributed by atoms with E-state index in [0.29, 0.717) is 6.42 Å². The van der Waals surface area contributed by atoms with Gasteiger partial charge in [-0.25, -0.2) is 0 Å². The van der Waals surface area contributed by atoms with Gasteiger partial charge in [0.25, 0.3) is 0 Å². The maximum atomic E-state index is 13.1. The molecule has 10 N–H and O–H groups in total. The van der Waals surface area contributed by atoms with Gasteiger partial charge in [-0.15, -0.1) is 0 Å². The smallest absolute Gasteiger partial charge is 0.322 e. The van der Waals surface area contributed by atoms with Crippen LogP contribution in [-0.4, -0.2) is 102 Å². The molecule has 0 spiro atoms. The largest absolute Gasteiger partial charge is 0.480 e. The Morgan fingerprint density at radius 3 is 1.46 bits per heavy atom. The highest BCUT2D eigenvalue weighted by atomic mass is 16.4. The van der Waals surface area contributed by atoms with Crippen molar-refractivity contribution in [1.29, 1.82) is 0 Å². The summed E-state index contributed by atoms with van der Waals surface area (Å²) in [6.07, 6.45) is 0.865. The summed E-state index contributed by atoms with van der Waals surface area (Å²) >= 11 is 0. The lowest BCUT2D eigenvalue weighted by Gasteiger charge is -2.26. The van der Waals surface area contributed by atoms with Gasteiger partial charge in [0.1, 0.15) is 30.7 Å². The Morgan fingerprint density at radius 1 is 0.565 bits per heavy atom. The number of carbonyl (C=O) groups excluding carboxylic acids is 6. The molecule has 0 bridgehead atoms. The molecule has 6 amide bonds. The van der Waals surface area contributed by atoms with Gasteiger partial charge < -0.3 is 47.8 Å². The second-order valence-corrected chi connectivity index (χ2v) is 13.0. The van der Waals surface area contributed by atoms with Gasteiger partial charge in [-0.3, -0.25) is 33.6 Å². The van der Waals surface area contributed by atoms with Gasteiger partial charge in [-0.1, -0.05) is 55.4 Å². The fraction of sp³-hybridized carbons (Fsp3) is 0.767. The van der Waals surface area contributed by atoms with E-state index in [1.54, 1.807) is 13.8 Å². The predicted octanol–water partition coefficient (Wildman–Crippen LogP) is -1.64. The number of hydrogen-bond acceptors (Lipinski definition) is 9. The van der Waals surface area contributed by atoms with Crippen LogP contribution in [0.25, 0.3) is 0 Å². The van der Waals surface area contributed by atoms with Crippen LogP contribution in [0, 0.1) is 23.7 Å².